The van der Waals surface area contributed by atoms with E-state index in [0.29, 0.717) is 13.0 Å². The van der Waals surface area contributed by atoms with Gasteiger partial charge < -0.3 is 11.1 Å². The number of terminal acetylenes is 1. The molecule has 0 heterocycles. The zero-order valence-corrected chi connectivity index (χ0v) is 10.8. The molecule has 0 saturated heterocycles. The lowest BCUT2D eigenvalue weighted by atomic mass is 9.71. The third-order valence-electron chi connectivity index (χ3n) is 3.83. The average Bonchev–Trinajstić information content (AvgIpc) is 2.37. The summed E-state index contributed by atoms with van der Waals surface area (Å²) in [7, 11) is 0. The normalized spacial score (nSPS) is 20.3. The number of hydrogen-bond donors (Lipinski definition) is 2. The second kappa shape index (κ2) is 6.66. The highest BCUT2D eigenvalue weighted by molar-refractivity contribution is 5.77. The van der Waals surface area contributed by atoms with Gasteiger partial charge in [0.1, 0.15) is 0 Å². The summed E-state index contributed by atoms with van der Waals surface area (Å²) < 4.78 is 0. The molecule has 1 unspecified atom stereocenters. The van der Waals surface area contributed by atoms with E-state index in [1.165, 1.54) is 19.3 Å². The van der Waals surface area contributed by atoms with Crippen molar-refractivity contribution in [1.29, 1.82) is 0 Å². The van der Waals surface area contributed by atoms with Crippen LogP contribution in [0.25, 0.3) is 0 Å². The number of carbonyl (C=O) groups is 1. The molecule has 0 aromatic heterocycles. The van der Waals surface area contributed by atoms with E-state index in [4.69, 9.17) is 12.2 Å². The van der Waals surface area contributed by atoms with Gasteiger partial charge in [0.2, 0.25) is 5.91 Å². The van der Waals surface area contributed by atoms with Gasteiger partial charge in [-0.1, -0.05) is 32.1 Å². The van der Waals surface area contributed by atoms with Crippen molar-refractivity contribution in [2.24, 2.45) is 11.1 Å². The molecule has 0 aromatic carbocycles. The van der Waals surface area contributed by atoms with E-state index in [1.807, 2.05) is 6.92 Å². The van der Waals surface area contributed by atoms with Crippen LogP contribution in [0.5, 0.6) is 0 Å². The van der Waals surface area contributed by atoms with Gasteiger partial charge in [0.15, 0.2) is 0 Å². The minimum absolute atomic E-state index is 0.0230. The molecule has 3 nitrogen and oxygen atoms in total. The van der Waals surface area contributed by atoms with Crippen molar-refractivity contribution in [3.63, 3.8) is 0 Å². The molecular formula is C14H24N2O. The molecule has 96 valence electrons. The van der Waals surface area contributed by atoms with Gasteiger partial charge in [-0.25, -0.2) is 0 Å². The highest BCUT2D eigenvalue weighted by Gasteiger charge is 2.33. The predicted molar refractivity (Wildman–Crippen MR) is 70.2 cm³/mol. The standard InChI is InChI=1S/C14H24N2O/c1-3-12(4-2)16-13(17)10-14(11-15)8-6-5-7-9-14/h1,12H,4-11,15H2,2H3,(H,16,17). The van der Waals surface area contributed by atoms with Crippen LogP contribution in [0.4, 0.5) is 0 Å². The van der Waals surface area contributed by atoms with E-state index in [2.05, 4.69) is 11.2 Å². The Kier molecular flexibility index (Phi) is 5.50. The third kappa shape index (κ3) is 4.05. The van der Waals surface area contributed by atoms with Crippen molar-refractivity contribution in [3.8, 4) is 12.3 Å². The van der Waals surface area contributed by atoms with Crippen LogP contribution in [-0.4, -0.2) is 18.5 Å². The molecule has 0 aliphatic heterocycles. The SMILES string of the molecule is C#CC(CC)NC(=O)CC1(CN)CCCCC1. The van der Waals surface area contributed by atoms with Crippen molar-refractivity contribution in [1.82, 2.24) is 5.32 Å². The molecule has 1 atom stereocenters. The Balaban J connectivity index is 2.50. The van der Waals surface area contributed by atoms with Crippen LogP contribution in [0, 0.1) is 17.8 Å². The number of hydrogen-bond acceptors (Lipinski definition) is 2. The molecule has 0 radical (unpaired) electrons. The van der Waals surface area contributed by atoms with Gasteiger partial charge in [0.05, 0.1) is 6.04 Å². The summed E-state index contributed by atoms with van der Waals surface area (Å²) in [5, 5.41) is 2.89. The smallest absolute Gasteiger partial charge is 0.221 e. The van der Waals surface area contributed by atoms with E-state index in [1.54, 1.807) is 0 Å². The molecule has 0 bridgehead atoms. The lowest BCUT2D eigenvalue weighted by Crippen LogP contribution is -2.41. The Morgan fingerprint density at radius 3 is 2.59 bits per heavy atom. The summed E-state index contributed by atoms with van der Waals surface area (Å²) in [6, 6.07) is -0.138. The molecule has 1 amide bonds. The summed E-state index contributed by atoms with van der Waals surface area (Å²) in [6.45, 7) is 2.58. The zero-order valence-electron chi connectivity index (χ0n) is 10.8. The van der Waals surface area contributed by atoms with E-state index in [0.717, 1.165) is 19.3 Å². The summed E-state index contributed by atoms with van der Waals surface area (Å²) in [5.41, 5.74) is 5.89. The molecular weight excluding hydrogens is 212 g/mol. The lowest BCUT2D eigenvalue weighted by Gasteiger charge is -2.35. The molecule has 1 rings (SSSR count). The van der Waals surface area contributed by atoms with E-state index in [9.17, 15) is 4.79 Å². The second-order valence-corrected chi connectivity index (χ2v) is 5.14. The average molecular weight is 236 g/mol. The van der Waals surface area contributed by atoms with Crippen LogP contribution in [0.3, 0.4) is 0 Å². The van der Waals surface area contributed by atoms with Crippen molar-refractivity contribution in [2.75, 3.05) is 6.54 Å². The van der Waals surface area contributed by atoms with E-state index < -0.39 is 0 Å². The largest absolute Gasteiger partial charge is 0.342 e. The third-order valence-corrected chi connectivity index (χ3v) is 3.83. The maximum atomic E-state index is 11.9. The highest BCUT2D eigenvalue weighted by Crippen LogP contribution is 2.38. The fourth-order valence-electron chi connectivity index (χ4n) is 2.60. The number of rotatable bonds is 5. The van der Waals surface area contributed by atoms with Crippen LogP contribution in [0.15, 0.2) is 0 Å². The van der Waals surface area contributed by atoms with Crippen molar-refractivity contribution < 1.29 is 4.79 Å². The van der Waals surface area contributed by atoms with Gasteiger partial charge in [-0.3, -0.25) is 4.79 Å². The van der Waals surface area contributed by atoms with Gasteiger partial charge in [0, 0.05) is 6.42 Å². The monoisotopic (exact) mass is 236 g/mol. The summed E-state index contributed by atoms with van der Waals surface area (Å²) in [6.07, 6.45) is 12.4. The van der Waals surface area contributed by atoms with E-state index in [-0.39, 0.29) is 17.4 Å². The van der Waals surface area contributed by atoms with E-state index >= 15 is 0 Å². The quantitative estimate of drug-likeness (QED) is 0.715. The fourth-order valence-corrected chi connectivity index (χ4v) is 2.60. The second-order valence-electron chi connectivity index (χ2n) is 5.14. The molecule has 1 saturated carbocycles. The molecule has 3 N–H and O–H groups in total. The lowest BCUT2D eigenvalue weighted by molar-refractivity contribution is -0.124. The minimum atomic E-state index is -0.138. The van der Waals surface area contributed by atoms with Gasteiger partial charge in [-0.05, 0) is 31.2 Å². The zero-order chi connectivity index (χ0) is 12.7. The van der Waals surface area contributed by atoms with Crippen molar-refractivity contribution in [2.45, 2.75) is 57.9 Å². The molecule has 1 aliphatic carbocycles. The Morgan fingerprint density at radius 2 is 2.12 bits per heavy atom. The Labute approximate surface area is 105 Å². The maximum Gasteiger partial charge on any atom is 0.221 e. The summed E-state index contributed by atoms with van der Waals surface area (Å²) in [5.74, 6) is 2.64. The summed E-state index contributed by atoms with van der Waals surface area (Å²) >= 11 is 0. The number of nitrogens with one attached hydrogen (secondary N) is 1. The molecule has 0 aromatic rings. The number of amides is 1. The predicted octanol–water partition coefficient (Wildman–Crippen LogP) is 1.81. The first-order valence-electron chi connectivity index (χ1n) is 6.61. The first-order valence-corrected chi connectivity index (χ1v) is 6.61. The van der Waals surface area contributed by atoms with Crippen molar-refractivity contribution >= 4 is 5.91 Å². The Hall–Kier alpha value is -1.01. The highest BCUT2D eigenvalue weighted by atomic mass is 16.1. The topological polar surface area (TPSA) is 55.1 Å². The first-order chi connectivity index (χ1) is 8.15. The maximum absolute atomic E-state index is 11.9. The fraction of sp³-hybridized carbons (Fsp3) is 0.786. The van der Waals surface area contributed by atoms with Crippen LogP contribution >= 0.6 is 0 Å². The van der Waals surface area contributed by atoms with Gasteiger partial charge >= 0.3 is 0 Å². The molecule has 17 heavy (non-hydrogen) atoms. The van der Waals surface area contributed by atoms with Crippen LogP contribution in [0.1, 0.15) is 51.9 Å². The Morgan fingerprint density at radius 1 is 1.47 bits per heavy atom. The molecule has 0 spiro atoms. The first kappa shape index (κ1) is 14.1. The van der Waals surface area contributed by atoms with Gasteiger partial charge in [-0.15, -0.1) is 6.42 Å². The molecule has 3 heteroatoms. The van der Waals surface area contributed by atoms with Crippen LogP contribution in [0.2, 0.25) is 0 Å². The molecule has 1 fully saturated rings. The number of nitrogens with two attached hydrogens (primary N) is 1. The number of carbonyl (C=O) groups excluding carboxylic acids is 1. The van der Waals surface area contributed by atoms with Crippen LogP contribution in [-0.2, 0) is 4.79 Å². The summed E-state index contributed by atoms with van der Waals surface area (Å²) in [4.78, 5) is 11.9. The molecule has 1 aliphatic rings. The minimum Gasteiger partial charge on any atom is -0.342 e. The Bertz CT molecular complexity index is 287. The van der Waals surface area contributed by atoms with Gasteiger partial charge in [-0.2, -0.15) is 0 Å². The van der Waals surface area contributed by atoms with Gasteiger partial charge in [0.25, 0.3) is 0 Å². The van der Waals surface area contributed by atoms with Crippen LogP contribution < -0.4 is 11.1 Å². The van der Waals surface area contributed by atoms with Crippen molar-refractivity contribution in [3.05, 3.63) is 0 Å².